The molecule has 25 heavy (non-hydrogen) atoms. The summed E-state index contributed by atoms with van der Waals surface area (Å²) in [5.41, 5.74) is 1.06. The zero-order valence-corrected chi connectivity index (χ0v) is 15.1. The summed E-state index contributed by atoms with van der Waals surface area (Å²) < 4.78 is 0. The number of rotatable bonds is 4. The van der Waals surface area contributed by atoms with Crippen molar-refractivity contribution in [1.82, 2.24) is 15.0 Å². The van der Waals surface area contributed by atoms with Gasteiger partial charge in [0.25, 0.3) is 0 Å². The first-order valence-corrected chi connectivity index (χ1v) is 9.16. The molecule has 4 rings (SSSR count). The van der Waals surface area contributed by atoms with Crippen molar-refractivity contribution in [3.63, 3.8) is 0 Å². The molecule has 1 saturated heterocycles. The molecule has 0 radical (unpaired) electrons. The highest BCUT2D eigenvalue weighted by molar-refractivity contribution is 6.35. The number of nitrogens with zero attached hydrogens (tertiary/aromatic N) is 4. The third kappa shape index (κ3) is 3.66. The van der Waals surface area contributed by atoms with Crippen LogP contribution >= 0.6 is 23.2 Å². The normalized spacial score (nSPS) is 25.7. The van der Waals surface area contributed by atoms with Crippen molar-refractivity contribution in [3.8, 4) is 0 Å². The number of hydrogen-bond acceptors (Lipinski definition) is 6. The maximum atomic E-state index is 9.69. The zero-order chi connectivity index (χ0) is 17.4. The van der Waals surface area contributed by atoms with E-state index in [0.29, 0.717) is 34.4 Å². The minimum Gasteiger partial charge on any atom is -0.391 e. The van der Waals surface area contributed by atoms with Gasteiger partial charge in [-0.3, -0.25) is 0 Å². The van der Waals surface area contributed by atoms with Crippen LogP contribution in [0.25, 0.3) is 0 Å². The molecule has 2 fully saturated rings. The van der Waals surface area contributed by atoms with Gasteiger partial charge in [0.1, 0.15) is 18.0 Å². The second-order valence-corrected chi connectivity index (χ2v) is 7.53. The molecule has 8 heteroatoms. The Bertz CT molecular complexity index is 768. The maximum Gasteiger partial charge on any atom is 0.145 e. The van der Waals surface area contributed by atoms with Crippen molar-refractivity contribution < 1.29 is 5.11 Å². The van der Waals surface area contributed by atoms with Crippen LogP contribution in [-0.4, -0.2) is 45.3 Å². The molecular formula is C17H19Cl2N5O. The van der Waals surface area contributed by atoms with E-state index < -0.39 is 0 Å². The Morgan fingerprint density at radius 2 is 2.00 bits per heavy atom. The molecule has 1 atom stereocenters. The summed E-state index contributed by atoms with van der Waals surface area (Å²) in [5, 5.41) is 14.1. The molecule has 2 aromatic rings. The predicted octanol–water partition coefficient (Wildman–Crippen LogP) is 3.11. The quantitative estimate of drug-likeness (QED) is 0.849. The van der Waals surface area contributed by atoms with Gasteiger partial charge in [0.05, 0.1) is 16.1 Å². The van der Waals surface area contributed by atoms with Crippen molar-refractivity contribution in [2.75, 3.05) is 23.3 Å². The molecule has 3 heterocycles. The Balaban J connectivity index is 1.37. The number of aliphatic hydroxyl groups is 1. The maximum absolute atomic E-state index is 9.69. The van der Waals surface area contributed by atoms with Gasteiger partial charge >= 0.3 is 0 Å². The second-order valence-electron chi connectivity index (χ2n) is 6.68. The summed E-state index contributed by atoms with van der Waals surface area (Å²) in [7, 11) is 0. The fourth-order valence-electron chi connectivity index (χ4n) is 3.40. The number of pyridine rings is 1. The predicted molar refractivity (Wildman–Crippen MR) is 98.5 cm³/mol. The second kappa shape index (κ2) is 6.94. The lowest BCUT2D eigenvalue weighted by Gasteiger charge is -2.36. The lowest BCUT2D eigenvalue weighted by molar-refractivity contribution is 0.198. The molecule has 1 aliphatic carbocycles. The first-order valence-electron chi connectivity index (χ1n) is 8.41. The van der Waals surface area contributed by atoms with Gasteiger partial charge in [0.15, 0.2) is 0 Å². The first kappa shape index (κ1) is 16.8. The molecule has 0 spiro atoms. The lowest BCUT2D eigenvalue weighted by atomic mass is 9.78. The molecule has 2 N–H and O–H groups in total. The number of anilines is 2. The largest absolute Gasteiger partial charge is 0.391 e. The third-order valence-electron chi connectivity index (χ3n) is 4.87. The standard InChI is InChI=1S/C17H19Cl2N5O/c18-11-5-14(19)17(20-7-11)23-12-3-10(4-12)15-6-16(22-9-21-15)24-2-1-13(25)8-24/h5-7,9-10,12-13,25H,1-4,8H2,(H,20,23)/t10?,12?,13-/m1/s1. The lowest BCUT2D eigenvalue weighted by Crippen LogP contribution is -2.35. The molecule has 0 amide bonds. The molecular weight excluding hydrogens is 361 g/mol. The molecule has 0 unspecified atom stereocenters. The summed E-state index contributed by atoms with van der Waals surface area (Å²) in [6.45, 7) is 1.49. The number of halogens is 2. The highest BCUT2D eigenvalue weighted by atomic mass is 35.5. The van der Waals surface area contributed by atoms with E-state index in [4.69, 9.17) is 23.2 Å². The monoisotopic (exact) mass is 379 g/mol. The Hall–Kier alpha value is -1.63. The van der Waals surface area contributed by atoms with Crippen LogP contribution in [-0.2, 0) is 0 Å². The van der Waals surface area contributed by atoms with E-state index in [1.807, 2.05) is 6.07 Å². The Kier molecular flexibility index (Phi) is 4.67. The molecule has 0 bridgehead atoms. The Labute approximate surface area is 156 Å². The van der Waals surface area contributed by atoms with Gasteiger partial charge in [-0.15, -0.1) is 0 Å². The zero-order valence-electron chi connectivity index (χ0n) is 13.6. The van der Waals surface area contributed by atoms with Crippen LogP contribution in [0.3, 0.4) is 0 Å². The summed E-state index contributed by atoms with van der Waals surface area (Å²) in [6.07, 6.45) is 5.69. The minimum atomic E-state index is -0.257. The van der Waals surface area contributed by atoms with Crippen LogP contribution in [0.2, 0.25) is 10.0 Å². The van der Waals surface area contributed by atoms with Gasteiger partial charge in [0, 0.05) is 43.0 Å². The average molecular weight is 380 g/mol. The molecule has 132 valence electrons. The summed E-state index contributed by atoms with van der Waals surface area (Å²) in [6, 6.07) is 4.06. The van der Waals surface area contributed by atoms with Gasteiger partial charge in [-0.05, 0) is 25.3 Å². The van der Waals surface area contributed by atoms with Crippen LogP contribution < -0.4 is 10.2 Å². The Morgan fingerprint density at radius 3 is 2.72 bits per heavy atom. The molecule has 0 aromatic carbocycles. The summed E-state index contributed by atoms with van der Waals surface area (Å²) >= 11 is 12.0. The van der Waals surface area contributed by atoms with E-state index in [9.17, 15) is 5.11 Å². The van der Waals surface area contributed by atoms with Crippen molar-refractivity contribution >= 4 is 34.8 Å². The van der Waals surface area contributed by atoms with E-state index in [-0.39, 0.29) is 6.10 Å². The number of hydrogen-bond donors (Lipinski definition) is 2. The average Bonchev–Trinajstić information content (AvgIpc) is 2.99. The van der Waals surface area contributed by atoms with Crippen LogP contribution in [0.1, 0.15) is 30.9 Å². The third-order valence-corrected chi connectivity index (χ3v) is 5.36. The van der Waals surface area contributed by atoms with E-state index in [1.54, 1.807) is 18.6 Å². The van der Waals surface area contributed by atoms with Gasteiger partial charge in [-0.1, -0.05) is 23.2 Å². The topological polar surface area (TPSA) is 74.2 Å². The smallest absolute Gasteiger partial charge is 0.145 e. The van der Waals surface area contributed by atoms with Crippen molar-refractivity contribution in [2.24, 2.45) is 0 Å². The van der Waals surface area contributed by atoms with Crippen molar-refractivity contribution in [1.29, 1.82) is 0 Å². The molecule has 2 aromatic heterocycles. The fourth-order valence-corrected chi connectivity index (χ4v) is 3.83. The van der Waals surface area contributed by atoms with Crippen LogP contribution in [0, 0.1) is 0 Å². The molecule has 1 aliphatic heterocycles. The first-order chi connectivity index (χ1) is 12.1. The number of nitrogens with one attached hydrogen (secondary N) is 1. The van der Waals surface area contributed by atoms with Gasteiger partial charge in [-0.2, -0.15) is 0 Å². The number of aliphatic hydroxyl groups excluding tert-OH is 1. The highest BCUT2D eigenvalue weighted by Crippen LogP contribution is 2.39. The van der Waals surface area contributed by atoms with E-state index >= 15 is 0 Å². The molecule has 2 aliphatic rings. The highest BCUT2D eigenvalue weighted by Gasteiger charge is 2.32. The minimum absolute atomic E-state index is 0.257. The molecule has 6 nitrogen and oxygen atoms in total. The van der Waals surface area contributed by atoms with Crippen molar-refractivity contribution in [3.05, 3.63) is 40.4 Å². The van der Waals surface area contributed by atoms with E-state index in [1.165, 1.54) is 0 Å². The van der Waals surface area contributed by atoms with Crippen LogP contribution in [0.5, 0.6) is 0 Å². The van der Waals surface area contributed by atoms with Gasteiger partial charge in [-0.25, -0.2) is 15.0 Å². The van der Waals surface area contributed by atoms with Crippen LogP contribution in [0.4, 0.5) is 11.6 Å². The van der Waals surface area contributed by atoms with Crippen LogP contribution in [0.15, 0.2) is 24.7 Å². The number of β-amino-alcohol motifs (C(OH)–C–C–N with tert-alkyl or cyclic N) is 1. The van der Waals surface area contributed by atoms with E-state index in [0.717, 1.165) is 37.3 Å². The van der Waals surface area contributed by atoms with Gasteiger partial charge < -0.3 is 15.3 Å². The number of aromatic nitrogens is 3. The Morgan fingerprint density at radius 1 is 1.16 bits per heavy atom. The SMILES string of the molecule is O[C@@H]1CCN(c2cc(C3CC(Nc4ncc(Cl)cc4Cl)C3)ncn2)C1. The summed E-state index contributed by atoms with van der Waals surface area (Å²) in [5.74, 6) is 1.97. The fraction of sp³-hybridized carbons (Fsp3) is 0.471. The van der Waals surface area contributed by atoms with Gasteiger partial charge in [0.2, 0.25) is 0 Å². The van der Waals surface area contributed by atoms with Crippen molar-refractivity contribution in [2.45, 2.75) is 37.3 Å². The van der Waals surface area contributed by atoms with E-state index in [2.05, 4.69) is 25.2 Å². The molecule has 1 saturated carbocycles. The summed E-state index contributed by atoms with van der Waals surface area (Å²) in [4.78, 5) is 15.1.